The van der Waals surface area contributed by atoms with Crippen molar-refractivity contribution in [2.75, 3.05) is 6.61 Å². The van der Waals surface area contributed by atoms with Gasteiger partial charge in [-0.1, -0.05) is 24.1 Å². The highest BCUT2D eigenvalue weighted by Gasteiger charge is 2.41. The third kappa shape index (κ3) is 3.46. The molecule has 1 aromatic carbocycles. The van der Waals surface area contributed by atoms with Gasteiger partial charge in [-0.05, 0) is 31.9 Å². The molecule has 0 amide bonds. The third-order valence-corrected chi connectivity index (χ3v) is 4.32. The van der Waals surface area contributed by atoms with Gasteiger partial charge in [-0.2, -0.15) is 0 Å². The van der Waals surface area contributed by atoms with Gasteiger partial charge in [0.25, 0.3) is 5.56 Å². The molecule has 1 aromatic heterocycles. The second-order valence-electron chi connectivity index (χ2n) is 6.17. The van der Waals surface area contributed by atoms with Crippen LogP contribution in [0.15, 0.2) is 46.1 Å². The van der Waals surface area contributed by atoms with Crippen LogP contribution in [0.1, 0.15) is 35.0 Å². The van der Waals surface area contributed by atoms with E-state index < -0.39 is 29.0 Å². The van der Waals surface area contributed by atoms with Gasteiger partial charge in [0.1, 0.15) is 12.8 Å². The molecule has 1 N–H and O–H groups in total. The summed E-state index contributed by atoms with van der Waals surface area (Å²) in [4.78, 5) is 37.9. The van der Waals surface area contributed by atoms with Crippen LogP contribution in [0.25, 0.3) is 0 Å². The van der Waals surface area contributed by atoms with E-state index in [1.807, 2.05) is 0 Å². The predicted octanol–water partition coefficient (Wildman–Crippen LogP) is 1.38. The van der Waals surface area contributed by atoms with E-state index in [2.05, 4.69) is 10.9 Å². The highest BCUT2D eigenvalue weighted by molar-refractivity contribution is 5.89. The molecule has 1 saturated heterocycles. The number of nitrogens with zero attached hydrogens (tertiary/aromatic N) is 1. The smallest absolute Gasteiger partial charge is 0.338 e. The number of aryl methyl sites for hydroxylation is 1. The molecule has 0 saturated carbocycles. The molecule has 2 unspecified atom stereocenters. The van der Waals surface area contributed by atoms with Crippen LogP contribution in [-0.2, 0) is 9.47 Å². The van der Waals surface area contributed by atoms with Crippen molar-refractivity contribution >= 4 is 5.97 Å². The highest BCUT2D eigenvalue weighted by Crippen LogP contribution is 2.35. The normalized spacial score (nSPS) is 21.9. The summed E-state index contributed by atoms with van der Waals surface area (Å²) >= 11 is 0. The lowest BCUT2D eigenvalue weighted by molar-refractivity contribution is -0.0706. The fourth-order valence-electron chi connectivity index (χ4n) is 2.82. The number of ether oxygens (including phenoxy) is 2. The second kappa shape index (κ2) is 7.02. The Morgan fingerprint density at radius 2 is 2.15 bits per heavy atom. The Labute approximate surface area is 149 Å². The van der Waals surface area contributed by atoms with E-state index in [1.165, 1.54) is 10.8 Å². The maximum atomic E-state index is 12.1. The van der Waals surface area contributed by atoms with Crippen LogP contribution in [0.5, 0.6) is 0 Å². The van der Waals surface area contributed by atoms with Gasteiger partial charge in [-0.25, -0.2) is 9.59 Å². The number of carbonyl (C=O) groups is 1. The summed E-state index contributed by atoms with van der Waals surface area (Å²) in [6.07, 6.45) is 7.29. The zero-order valence-corrected chi connectivity index (χ0v) is 14.2. The second-order valence-corrected chi connectivity index (χ2v) is 6.17. The number of esters is 1. The van der Waals surface area contributed by atoms with E-state index >= 15 is 0 Å². The van der Waals surface area contributed by atoms with Gasteiger partial charge in [-0.3, -0.25) is 14.3 Å². The van der Waals surface area contributed by atoms with Crippen molar-refractivity contribution in [2.45, 2.75) is 31.6 Å². The Morgan fingerprint density at radius 3 is 2.85 bits per heavy atom. The SMILES string of the molecule is C#CC1(COC(=O)c2ccccc2)CCC(n2cc(C)c(=O)[nH]c2=O)O1. The molecular formula is C19H18N2O5. The van der Waals surface area contributed by atoms with E-state index in [9.17, 15) is 14.4 Å². The van der Waals surface area contributed by atoms with Crippen LogP contribution in [0.2, 0.25) is 0 Å². The number of hydrogen-bond acceptors (Lipinski definition) is 5. The standard InChI is InChI=1S/C19H18N2O5/c1-3-19(12-25-17(23)14-7-5-4-6-8-14)10-9-15(26-19)21-11-13(2)16(22)20-18(21)24/h1,4-8,11,15H,9-10,12H2,2H3,(H,20,22,24). The number of carbonyl (C=O) groups excluding carboxylic acids is 1. The van der Waals surface area contributed by atoms with E-state index in [1.54, 1.807) is 37.3 Å². The molecule has 2 aromatic rings. The minimum atomic E-state index is -1.11. The van der Waals surface area contributed by atoms with E-state index in [4.69, 9.17) is 15.9 Å². The van der Waals surface area contributed by atoms with Gasteiger partial charge in [0.15, 0.2) is 5.60 Å². The zero-order valence-electron chi connectivity index (χ0n) is 14.2. The molecule has 2 atom stereocenters. The lowest BCUT2D eigenvalue weighted by atomic mass is 10.0. The van der Waals surface area contributed by atoms with E-state index in [-0.39, 0.29) is 6.61 Å². The van der Waals surface area contributed by atoms with Crippen LogP contribution in [0.4, 0.5) is 0 Å². The fraction of sp³-hybridized carbons (Fsp3) is 0.316. The minimum Gasteiger partial charge on any atom is -0.458 e. The van der Waals surface area contributed by atoms with Crippen molar-refractivity contribution in [1.29, 1.82) is 0 Å². The summed E-state index contributed by atoms with van der Waals surface area (Å²) in [5, 5.41) is 0. The molecule has 0 radical (unpaired) electrons. The van der Waals surface area contributed by atoms with Gasteiger partial charge >= 0.3 is 11.7 Å². The number of benzene rings is 1. The molecule has 1 fully saturated rings. The molecule has 3 rings (SSSR count). The first kappa shape index (κ1) is 17.7. The maximum absolute atomic E-state index is 12.1. The number of rotatable bonds is 4. The molecule has 0 spiro atoms. The Balaban J connectivity index is 1.73. The number of nitrogens with one attached hydrogen (secondary N) is 1. The van der Waals surface area contributed by atoms with Crippen LogP contribution in [-0.4, -0.2) is 27.7 Å². The predicted molar refractivity (Wildman–Crippen MR) is 93.7 cm³/mol. The first-order valence-electron chi connectivity index (χ1n) is 8.14. The Morgan fingerprint density at radius 1 is 1.42 bits per heavy atom. The monoisotopic (exact) mass is 354 g/mol. The number of aromatic nitrogens is 2. The topological polar surface area (TPSA) is 90.4 Å². The molecule has 0 bridgehead atoms. The fourth-order valence-corrected chi connectivity index (χ4v) is 2.82. The zero-order chi connectivity index (χ0) is 18.7. The Bertz CT molecular complexity index is 970. The van der Waals surface area contributed by atoms with Crippen molar-refractivity contribution in [1.82, 2.24) is 9.55 Å². The summed E-state index contributed by atoms with van der Waals surface area (Å²) in [6, 6.07) is 8.56. The lowest BCUT2D eigenvalue weighted by Crippen LogP contribution is -2.37. The van der Waals surface area contributed by atoms with Crippen LogP contribution >= 0.6 is 0 Å². The average Bonchev–Trinajstić information content (AvgIpc) is 3.08. The van der Waals surface area contributed by atoms with Gasteiger partial charge in [-0.15, -0.1) is 6.42 Å². The largest absolute Gasteiger partial charge is 0.458 e. The Hall–Kier alpha value is -3.11. The molecule has 1 aliphatic rings. The summed E-state index contributed by atoms with van der Waals surface area (Å²) in [5.74, 6) is 2.05. The van der Waals surface area contributed by atoms with Crippen LogP contribution in [0, 0.1) is 19.3 Å². The molecule has 0 aliphatic carbocycles. The molecule has 1 aliphatic heterocycles. The molecule has 2 heterocycles. The summed E-state index contributed by atoms with van der Waals surface area (Å²) in [7, 11) is 0. The molecule has 26 heavy (non-hydrogen) atoms. The molecule has 134 valence electrons. The van der Waals surface area contributed by atoms with Crippen molar-refractivity contribution in [2.24, 2.45) is 0 Å². The molecule has 7 nitrogen and oxygen atoms in total. The summed E-state index contributed by atoms with van der Waals surface area (Å²) in [5.41, 5.74) is -1.31. The molecular weight excluding hydrogens is 336 g/mol. The van der Waals surface area contributed by atoms with Crippen molar-refractivity contribution < 1.29 is 14.3 Å². The number of H-pyrrole nitrogens is 1. The van der Waals surface area contributed by atoms with Gasteiger partial charge in [0.2, 0.25) is 0 Å². The highest BCUT2D eigenvalue weighted by atomic mass is 16.6. The first-order valence-corrected chi connectivity index (χ1v) is 8.14. The quantitative estimate of drug-likeness (QED) is 0.662. The van der Waals surface area contributed by atoms with Gasteiger partial charge in [0.05, 0.1) is 5.56 Å². The van der Waals surface area contributed by atoms with Crippen molar-refractivity contribution in [3.8, 4) is 12.3 Å². The Kier molecular flexibility index (Phi) is 4.78. The number of aromatic amines is 1. The van der Waals surface area contributed by atoms with Crippen molar-refractivity contribution in [3.63, 3.8) is 0 Å². The molecule has 7 heteroatoms. The third-order valence-electron chi connectivity index (χ3n) is 4.32. The van der Waals surface area contributed by atoms with Gasteiger partial charge < -0.3 is 9.47 Å². The maximum Gasteiger partial charge on any atom is 0.338 e. The minimum absolute atomic E-state index is 0.120. The van der Waals surface area contributed by atoms with Crippen LogP contribution in [0.3, 0.4) is 0 Å². The lowest BCUT2D eigenvalue weighted by Gasteiger charge is -2.24. The number of hydrogen-bond donors (Lipinski definition) is 1. The summed E-state index contributed by atoms with van der Waals surface area (Å²) < 4.78 is 12.5. The van der Waals surface area contributed by atoms with E-state index in [0.29, 0.717) is 24.0 Å². The van der Waals surface area contributed by atoms with Crippen molar-refractivity contribution in [3.05, 3.63) is 68.5 Å². The summed E-state index contributed by atoms with van der Waals surface area (Å²) in [6.45, 7) is 1.48. The van der Waals surface area contributed by atoms with E-state index in [0.717, 1.165) is 0 Å². The number of terminal acetylenes is 1. The first-order chi connectivity index (χ1) is 12.4. The average molecular weight is 354 g/mol. The van der Waals surface area contributed by atoms with Crippen LogP contribution < -0.4 is 11.2 Å². The van der Waals surface area contributed by atoms with Gasteiger partial charge in [0, 0.05) is 11.8 Å².